The van der Waals surface area contributed by atoms with Crippen LogP contribution in [0.15, 0.2) is 59.6 Å². The molecule has 2 aromatic rings. The highest BCUT2D eigenvalue weighted by Crippen LogP contribution is 2.40. The molecular weight excluding hydrogens is 318 g/mol. The summed E-state index contributed by atoms with van der Waals surface area (Å²) in [5.74, 6) is 1.11. The molecule has 1 aliphatic carbocycles. The minimum absolute atomic E-state index is 0.0321. The van der Waals surface area contributed by atoms with E-state index in [1.807, 2.05) is 13.8 Å². The van der Waals surface area contributed by atoms with Gasteiger partial charge in [-0.2, -0.15) is 0 Å². The summed E-state index contributed by atoms with van der Waals surface area (Å²) < 4.78 is 0. The smallest absolute Gasteiger partial charge is 0.127 e. The van der Waals surface area contributed by atoms with Crippen molar-refractivity contribution in [2.24, 2.45) is 4.99 Å². The second-order valence-electron chi connectivity index (χ2n) is 7.00. The van der Waals surface area contributed by atoms with E-state index in [-0.39, 0.29) is 11.6 Å². The van der Waals surface area contributed by atoms with Crippen molar-refractivity contribution < 1.29 is 0 Å². The van der Waals surface area contributed by atoms with Gasteiger partial charge in [-0.05, 0) is 37.5 Å². The molecule has 2 aliphatic rings. The molecule has 1 saturated carbocycles. The van der Waals surface area contributed by atoms with Crippen molar-refractivity contribution in [2.45, 2.75) is 64.5 Å². The standard InChI is InChI=1S/C21H25N3.C2H6/c1-16(17-10-4-2-5-11-17)22-20-21(14-8-3-9-15-21)24-19-13-7-6-12-18(19)23-20;1-2/h2,4-7,10-13,16,24H,3,8-9,14-15H2,1H3,(H,22,23);1-2H3. The Hall–Kier alpha value is -2.29. The van der Waals surface area contributed by atoms with Gasteiger partial charge in [0.1, 0.15) is 5.84 Å². The van der Waals surface area contributed by atoms with Crippen molar-refractivity contribution in [1.82, 2.24) is 0 Å². The van der Waals surface area contributed by atoms with E-state index in [0.717, 1.165) is 24.4 Å². The number of nitrogens with zero attached hydrogens (tertiary/aromatic N) is 1. The number of nitrogens with one attached hydrogen (secondary N) is 2. The zero-order valence-electron chi connectivity index (χ0n) is 16.3. The molecule has 0 radical (unpaired) electrons. The predicted octanol–water partition coefficient (Wildman–Crippen LogP) is 6.41. The molecule has 0 amide bonds. The molecule has 2 aromatic carbocycles. The number of fused-ring (bicyclic) bond motifs is 1. The second-order valence-corrected chi connectivity index (χ2v) is 7.00. The Kier molecular flexibility index (Phi) is 5.97. The van der Waals surface area contributed by atoms with Crippen LogP contribution in [0, 0.1) is 0 Å². The lowest BCUT2D eigenvalue weighted by atomic mass is 9.79. The van der Waals surface area contributed by atoms with Gasteiger partial charge >= 0.3 is 0 Å². The first-order chi connectivity index (χ1) is 12.8. The van der Waals surface area contributed by atoms with Crippen LogP contribution in [0.4, 0.5) is 11.4 Å². The number of amidine groups is 1. The van der Waals surface area contributed by atoms with Crippen molar-refractivity contribution in [3.05, 3.63) is 60.2 Å². The quantitative estimate of drug-likeness (QED) is 0.657. The Morgan fingerprint density at radius 1 is 0.846 bits per heavy atom. The number of aliphatic imine (C=N–C) groups is 1. The molecule has 0 aromatic heterocycles. The third-order valence-corrected chi connectivity index (χ3v) is 5.32. The molecule has 3 heteroatoms. The number of anilines is 2. The molecule has 1 fully saturated rings. The number of hydrogen-bond acceptors (Lipinski definition) is 2. The van der Waals surface area contributed by atoms with Gasteiger partial charge in [0.25, 0.3) is 0 Å². The first-order valence-electron chi connectivity index (χ1n) is 10.0. The van der Waals surface area contributed by atoms with Gasteiger partial charge in [-0.1, -0.05) is 75.6 Å². The van der Waals surface area contributed by atoms with Gasteiger partial charge in [0.05, 0.1) is 23.0 Å². The molecule has 0 bridgehead atoms. The first kappa shape index (κ1) is 18.5. The normalized spacial score (nSPS) is 20.2. The van der Waals surface area contributed by atoms with Gasteiger partial charge in [-0.15, -0.1) is 0 Å². The fraction of sp³-hybridized carbons (Fsp3) is 0.435. The molecule has 2 N–H and O–H groups in total. The van der Waals surface area contributed by atoms with Gasteiger partial charge < -0.3 is 10.6 Å². The van der Waals surface area contributed by atoms with E-state index in [0.29, 0.717) is 0 Å². The van der Waals surface area contributed by atoms with E-state index in [4.69, 9.17) is 4.99 Å². The first-order valence-corrected chi connectivity index (χ1v) is 10.0. The fourth-order valence-electron chi connectivity index (χ4n) is 3.94. The zero-order valence-corrected chi connectivity index (χ0v) is 16.3. The summed E-state index contributed by atoms with van der Waals surface area (Å²) in [4.78, 5) is 5.13. The Labute approximate surface area is 157 Å². The van der Waals surface area contributed by atoms with E-state index in [9.17, 15) is 0 Å². The SMILES string of the molecule is CC.CC(N=C1Nc2ccccc2NC12CCCCC2)c1ccccc1. The van der Waals surface area contributed by atoms with Crippen molar-refractivity contribution in [2.75, 3.05) is 10.6 Å². The van der Waals surface area contributed by atoms with Gasteiger partial charge in [0.2, 0.25) is 0 Å². The van der Waals surface area contributed by atoms with Gasteiger partial charge in [0, 0.05) is 0 Å². The lowest BCUT2D eigenvalue weighted by Gasteiger charge is -2.44. The maximum absolute atomic E-state index is 5.13. The van der Waals surface area contributed by atoms with Crippen LogP contribution < -0.4 is 10.6 Å². The number of rotatable bonds is 2. The van der Waals surface area contributed by atoms with Crippen molar-refractivity contribution in [1.29, 1.82) is 0 Å². The van der Waals surface area contributed by atoms with Crippen molar-refractivity contribution >= 4 is 17.2 Å². The van der Waals surface area contributed by atoms with E-state index in [2.05, 4.69) is 72.2 Å². The number of benzene rings is 2. The van der Waals surface area contributed by atoms with Crippen LogP contribution >= 0.6 is 0 Å². The molecule has 1 aliphatic heterocycles. The summed E-state index contributed by atoms with van der Waals surface area (Å²) in [6, 6.07) is 19.2. The van der Waals surface area contributed by atoms with Gasteiger partial charge in [-0.25, -0.2) is 0 Å². The van der Waals surface area contributed by atoms with E-state index < -0.39 is 0 Å². The third-order valence-electron chi connectivity index (χ3n) is 5.32. The summed E-state index contributed by atoms with van der Waals surface area (Å²) >= 11 is 0. The molecule has 138 valence electrons. The lowest BCUT2D eigenvalue weighted by molar-refractivity contribution is 0.402. The highest BCUT2D eigenvalue weighted by Gasteiger charge is 2.41. The maximum atomic E-state index is 5.13. The van der Waals surface area contributed by atoms with Crippen LogP contribution in [0.1, 0.15) is 64.5 Å². The molecule has 1 unspecified atom stereocenters. The molecular formula is C23H31N3. The molecule has 26 heavy (non-hydrogen) atoms. The monoisotopic (exact) mass is 349 g/mol. The second kappa shape index (κ2) is 8.39. The Bertz CT molecular complexity index is 730. The summed E-state index contributed by atoms with van der Waals surface area (Å²) in [5.41, 5.74) is 3.56. The molecule has 1 heterocycles. The lowest BCUT2D eigenvalue weighted by Crippen LogP contribution is -2.53. The van der Waals surface area contributed by atoms with Gasteiger partial charge in [-0.3, -0.25) is 4.99 Å². The fourth-order valence-corrected chi connectivity index (χ4v) is 3.94. The largest absolute Gasteiger partial charge is 0.371 e. The third kappa shape index (κ3) is 3.77. The minimum atomic E-state index is -0.0321. The van der Waals surface area contributed by atoms with Crippen LogP contribution in [0.25, 0.3) is 0 Å². The maximum Gasteiger partial charge on any atom is 0.127 e. The highest BCUT2D eigenvalue weighted by atomic mass is 15.2. The molecule has 0 saturated heterocycles. The topological polar surface area (TPSA) is 36.4 Å². The number of hydrogen-bond donors (Lipinski definition) is 2. The predicted molar refractivity (Wildman–Crippen MR) is 113 cm³/mol. The van der Waals surface area contributed by atoms with E-state index >= 15 is 0 Å². The van der Waals surface area contributed by atoms with Crippen LogP contribution in [0.5, 0.6) is 0 Å². The minimum Gasteiger partial charge on any atom is -0.371 e. The van der Waals surface area contributed by atoms with Crippen LogP contribution in [0.3, 0.4) is 0 Å². The van der Waals surface area contributed by atoms with Crippen LogP contribution in [0.2, 0.25) is 0 Å². The van der Waals surface area contributed by atoms with Crippen LogP contribution in [-0.2, 0) is 0 Å². The van der Waals surface area contributed by atoms with E-state index in [1.165, 1.54) is 30.5 Å². The summed E-state index contributed by atoms with van der Waals surface area (Å²) in [7, 11) is 0. The average molecular weight is 350 g/mol. The van der Waals surface area contributed by atoms with Crippen molar-refractivity contribution in [3.8, 4) is 0 Å². The molecule has 1 spiro atoms. The molecule has 1 atom stereocenters. The van der Waals surface area contributed by atoms with E-state index in [1.54, 1.807) is 0 Å². The average Bonchev–Trinajstić information content (AvgIpc) is 2.71. The molecule has 4 rings (SSSR count). The van der Waals surface area contributed by atoms with Crippen molar-refractivity contribution in [3.63, 3.8) is 0 Å². The Morgan fingerprint density at radius 2 is 1.46 bits per heavy atom. The summed E-state index contributed by atoms with van der Waals surface area (Å²) in [6.07, 6.45) is 6.14. The molecule has 3 nitrogen and oxygen atoms in total. The number of para-hydroxylation sites is 2. The summed E-state index contributed by atoms with van der Waals surface area (Å²) in [6.45, 7) is 6.18. The Balaban J connectivity index is 0.000000948. The summed E-state index contributed by atoms with van der Waals surface area (Å²) in [5, 5.41) is 7.47. The Morgan fingerprint density at radius 3 is 2.15 bits per heavy atom. The van der Waals surface area contributed by atoms with Gasteiger partial charge in [0.15, 0.2) is 0 Å². The highest BCUT2D eigenvalue weighted by molar-refractivity contribution is 6.09. The zero-order chi connectivity index (χ0) is 18.4. The van der Waals surface area contributed by atoms with Crippen LogP contribution in [-0.4, -0.2) is 11.4 Å².